The average Bonchev–Trinajstić information content (AvgIpc) is 2.17. The second-order valence-electron chi connectivity index (χ2n) is 1.70. The lowest BCUT2D eigenvalue weighted by Gasteiger charge is -1.85. The summed E-state index contributed by atoms with van der Waals surface area (Å²) in [6.45, 7) is 0. The lowest BCUT2D eigenvalue weighted by molar-refractivity contribution is 1.21. The van der Waals surface area contributed by atoms with Crippen molar-refractivity contribution in [3.63, 3.8) is 0 Å². The zero-order chi connectivity index (χ0) is 6.69. The fourth-order valence-electron chi connectivity index (χ4n) is 0.595. The summed E-state index contributed by atoms with van der Waals surface area (Å²) in [5.41, 5.74) is 0. The minimum Gasteiger partial charge on any atom is -0.179 e. The first-order valence-electron chi connectivity index (χ1n) is 2.66. The minimum absolute atomic E-state index is 0.844. The highest BCUT2D eigenvalue weighted by atomic mass is 35.5. The van der Waals surface area contributed by atoms with Gasteiger partial charge in [0, 0.05) is 10.3 Å². The maximum absolute atomic E-state index is 5.68. The highest BCUT2D eigenvalue weighted by Crippen LogP contribution is 2.19. The molecular weight excluding hydrogens is 172 g/mol. The van der Waals surface area contributed by atoms with Gasteiger partial charge in [0.25, 0.3) is 0 Å². The fraction of sp³-hybridized carbons (Fsp3) is 0.333. The van der Waals surface area contributed by atoms with Gasteiger partial charge in [-0.15, -0.1) is 11.3 Å². The first-order valence-corrected chi connectivity index (χ1v) is 4.55. The lowest BCUT2D eigenvalue weighted by atomic mass is 10.4. The van der Waals surface area contributed by atoms with Gasteiger partial charge in [0.1, 0.15) is 0 Å². The van der Waals surface area contributed by atoms with Gasteiger partial charge in [-0.1, -0.05) is 11.6 Å². The van der Waals surface area contributed by atoms with Crippen LogP contribution in [0.1, 0.15) is 4.88 Å². The standard InChI is InChI=1S/C6H7ClS2/c7-5-3-6(1-2-8)9-4-5/h3-4,8H,1-2H2. The molecule has 0 aliphatic heterocycles. The molecule has 1 aromatic rings. The molecule has 0 radical (unpaired) electrons. The van der Waals surface area contributed by atoms with Gasteiger partial charge in [0.05, 0.1) is 5.02 Å². The van der Waals surface area contributed by atoms with Crippen LogP contribution in [0.2, 0.25) is 5.02 Å². The summed E-state index contributed by atoms with van der Waals surface area (Å²) in [4.78, 5) is 1.31. The Morgan fingerprint density at radius 2 is 2.44 bits per heavy atom. The van der Waals surface area contributed by atoms with E-state index in [0.29, 0.717) is 0 Å². The zero-order valence-electron chi connectivity index (χ0n) is 4.80. The molecule has 1 aromatic heterocycles. The van der Waals surface area contributed by atoms with E-state index in [0.717, 1.165) is 17.2 Å². The Balaban J connectivity index is 2.61. The topological polar surface area (TPSA) is 0 Å². The second-order valence-corrected chi connectivity index (χ2v) is 3.58. The molecular formula is C6H7ClS2. The van der Waals surface area contributed by atoms with Crippen LogP contribution in [0.5, 0.6) is 0 Å². The van der Waals surface area contributed by atoms with Crippen molar-refractivity contribution in [3.05, 3.63) is 21.3 Å². The molecule has 0 spiro atoms. The molecule has 0 fully saturated rings. The fourth-order valence-corrected chi connectivity index (χ4v) is 2.06. The van der Waals surface area contributed by atoms with Crippen LogP contribution >= 0.6 is 35.6 Å². The van der Waals surface area contributed by atoms with Gasteiger partial charge >= 0.3 is 0 Å². The molecule has 0 bridgehead atoms. The van der Waals surface area contributed by atoms with Crippen LogP contribution in [0.3, 0.4) is 0 Å². The molecule has 3 heteroatoms. The van der Waals surface area contributed by atoms with E-state index >= 15 is 0 Å². The number of halogens is 1. The molecule has 1 rings (SSSR count). The molecule has 0 aromatic carbocycles. The van der Waals surface area contributed by atoms with Crippen LogP contribution in [-0.4, -0.2) is 5.75 Å². The normalized spacial score (nSPS) is 10.0. The first-order chi connectivity index (χ1) is 4.33. The molecule has 0 amide bonds. The average molecular weight is 179 g/mol. The Morgan fingerprint density at radius 3 is 2.89 bits per heavy atom. The number of thiol groups is 1. The Morgan fingerprint density at radius 1 is 1.67 bits per heavy atom. The largest absolute Gasteiger partial charge is 0.179 e. The summed E-state index contributed by atoms with van der Waals surface area (Å²) in [5, 5.41) is 2.79. The minimum atomic E-state index is 0.844. The van der Waals surface area contributed by atoms with E-state index in [1.165, 1.54) is 4.88 Å². The highest BCUT2D eigenvalue weighted by molar-refractivity contribution is 7.80. The molecule has 0 unspecified atom stereocenters. The summed E-state index contributed by atoms with van der Waals surface area (Å²) in [6, 6.07) is 1.99. The molecule has 0 N–H and O–H groups in total. The van der Waals surface area contributed by atoms with E-state index in [9.17, 15) is 0 Å². The lowest BCUT2D eigenvalue weighted by Crippen LogP contribution is -1.77. The molecule has 1 heterocycles. The van der Waals surface area contributed by atoms with E-state index in [2.05, 4.69) is 12.6 Å². The number of rotatable bonds is 2. The van der Waals surface area contributed by atoms with E-state index < -0.39 is 0 Å². The van der Waals surface area contributed by atoms with Crippen molar-refractivity contribution in [1.82, 2.24) is 0 Å². The van der Waals surface area contributed by atoms with Crippen LogP contribution in [0, 0.1) is 0 Å². The van der Waals surface area contributed by atoms with Gasteiger partial charge < -0.3 is 0 Å². The third-order valence-corrected chi connectivity index (χ3v) is 2.55. The summed E-state index contributed by atoms with van der Waals surface area (Å²) in [7, 11) is 0. The van der Waals surface area contributed by atoms with Crippen molar-refractivity contribution in [3.8, 4) is 0 Å². The molecule has 0 saturated carbocycles. The zero-order valence-corrected chi connectivity index (χ0v) is 7.27. The number of thiophene rings is 1. The van der Waals surface area contributed by atoms with Crippen molar-refractivity contribution in [2.45, 2.75) is 6.42 Å². The van der Waals surface area contributed by atoms with Crippen molar-refractivity contribution in [1.29, 1.82) is 0 Å². The van der Waals surface area contributed by atoms with Gasteiger partial charge in [-0.05, 0) is 18.2 Å². The molecule has 50 valence electrons. The summed E-state index contributed by atoms with van der Waals surface area (Å²) < 4.78 is 0. The molecule has 0 atom stereocenters. The Bertz CT molecular complexity index is 183. The number of hydrogen-bond donors (Lipinski definition) is 1. The number of aryl methyl sites for hydroxylation is 1. The van der Waals surface area contributed by atoms with Gasteiger partial charge in [-0.25, -0.2) is 0 Å². The van der Waals surface area contributed by atoms with E-state index in [-0.39, 0.29) is 0 Å². The summed E-state index contributed by atoms with van der Waals surface area (Å²) in [6.07, 6.45) is 1.03. The highest BCUT2D eigenvalue weighted by Gasteiger charge is 1.94. The van der Waals surface area contributed by atoms with Crippen LogP contribution in [-0.2, 0) is 6.42 Å². The second kappa shape index (κ2) is 3.49. The Hall–Kier alpha value is 0.340. The van der Waals surface area contributed by atoms with Gasteiger partial charge in [0.15, 0.2) is 0 Å². The maximum Gasteiger partial charge on any atom is 0.0515 e. The Labute approximate surface area is 69.3 Å². The van der Waals surface area contributed by atoms with Crippen molar-refractivity contribution >= 4 is 35.6 Å². The number of hydrogen-bond acceptors (Lipinski definition) is 2. The monoisotopic (exact) mass is 178 g/mol. The predicted molar refractivity (Wildman–Crippen MR) is 46.9 cm³/mol. The summed E-state index contributed by atoms with van der Waals surface area (Å²) >= 11 is 11.5. The van der Waals surface area contributed by atoms with Crippen LogP contribution in [0.4, 0.5) is 0 Å². The molecule has 9 heavy (non-hydrogen) atoms. The third-order valence-electron chi connectivity index (χ3n) is 0.980. The van der Waals surface area contributed by atoms with Gasteiger partial charge in [-0.2, -0.15) is 12.6 Å². The van der Waals surface area contributed by atoms with Crippen LogP contribution in [0.25, 0.3) is 0 Å². The van der Waals surface area contributed by atoms with Crippen molar-refractivity contribution < 1.29 is 0 Å². The van der Waals surface area contributed by atoms with E-state index in [1.54, 1.807) is 11.3 Å². The Kier molecular flexibility index (Phi) is 2.89. The van der Waals surface area contributed by atoms with Gasteiger partial charge in [0.2, 0.25) is 0 Å². The van der Waals surface area contributed by atoms with Crippen molar-refractivity contribution in [2.75, 3.05) is 5.75 Å². The smallest absolute Gasteiger partial charge is 0.0515 e. The van der Waals surface area contributed by atoms with E-state index in [1.807, 2.05) is 11.4 Å². The third kappa shape index (κ3) is 2.20. The van der Waals surface area contributed by atoms with Crippen LogP contribution < -0.4 is 0 Å². The first kappa shape index (κ1) is 7.45. The SMILES string of the molecule is SCCc1cc(Cl)cs1. The quantitative estimate of drug-likeness (QED) is 0.662. The van der Waals surface area contributed by atoms with E-state index in [4.69, 9.17) is 11.6 Å². The molecule has 0 aliphatic carbocycles. The molecule has 0 saturated heterocycles. The van der Waals surface area contributed by atoms with Gasteiger partial charge in [-0.3, -0.25) is 0 Å². The van der Waals surface area contributed by atoms with Crippen molar-refractivity contribution in [2.24, 2.45) is 0 Å². The van der Waals surface area contributed by atoms with Crippen LogP contribution in [0.15, 0.2) is 11.4 Å². The molecule has 0 nitrogen and oxygen atoms in total. The predicted octanol–water partition coefficient (Wildman–Crippen LogP) is 2.87. The molecule has 0 aliphatic rings. The summed E-state index contributed by atoms with van der Waals surface area (Å²) in [5.74, 6) is 0.900. The maximum atomic E-state index is 5.68.